The summed E-state index contributed by atoms with van der Waals surface area (Å²) in [5.74, 6) is 0. The molecule has 0 fully saturated rings. The maximum atomic E-state index is 6.51. The molecule has 0 aliphatic rings. The van der Waals surface area contributed by atoms with Gasteiger partial charge in [-0.05, 0) is 70.8 Å². The molecule has 0 bridgehead atoms. The number of hydrogen-bond donors (Lipinski definition) is 0. The summed E-state index contributed by atoms with van der Waals surface area (Å²) in [6.45, 7) is 0. The summed E-state index contributed by atoms with van der Waals surface area (Å²) in [4.78, 5) is 2.35. The molecule has 10 aromatic rings. The monoisotopic (exact) mass is 627 g/mol. The first-order valence-electron chi connectivity index (χ1n) is 16.6. The molecule has 0 saturated heterocycles. The van der Waals surface area contributed by atoms with Crippen molar-refractivity contribution in [3.8, 4) is 22.3 Å². The van der Waals surface area contributed by atoms with Crippen LogP contribution in [0.5, 0.6) is 0 Å². The quantitative estimate of drug-likeness (QED) is 0.190. The van der Waals surface area contributed by atoms with Crippen molar-refractivity contribution in [3.63, 3.8) is 0 Å². The highest BCUT2D eigenvalue weighted by molar-refractivity contribution is 6.18. The minimum Gasteiger partial charge on any atom is -0.456 e. The lowest BCUT2D eigenvalue weighted by molar-refractivity contribution is 0.669. The van der Waals surface area contributed by atoms with Crippen LogP contribution in [0.3, 0.4) is 0 Å². The standard InChI is InChI=1S/C46H29NO2/c1-3-12-30(13-4-1)34-24-22-32(28-41(34)31-14-5-2-6-15-31)47(33-23-25-38-36-16-7-9-20-43(36)48-45(38)29-33)42-19-11-18-39-35(42)26-27-40-37-17-8-10-21-44(37)49-46(39)40/h1-29H. The maximum Gasteiger partial charge on any atom is 0.143 e. The van der Waals surface area contributed by atoms with Gasteiger partial charge in [-0.3, -0.25) is 0 Å². The van der Waals surface area contributed by atoms with Gasteiger partial charge in [0.1, 0.15) is 22.3 Å². The second-order valence-corrected chi connectivity index (χ2v) is 12.5. The van der Waals surface area contributed by atoms with E-state index in [1.54, 1.807) is 0 Å². The average molecular weight is 628 g/mol. The number of benzene rings is 8. The zero-order chi connectivity index (χ0) is 32.3. The molecule has 0 N–H and O–H groups in total. The van der Waals surface area contributed by atoms with Gasteiger partial charge in [0.25, 0.3) is 0 Å². The van der Waals surface area contributed by atoms with Crippen molar-refractivity contribution in [3.05, 3.63) is 176 Å². The minimum atomic E-state index is 0.854. The smallest absolute Gasteiger partial charge is 0.143 e. The Morgan fingerprint density at radius 1 is 0.327 bits per heavy atom. The van der Waals surface area contributed by atoms with Crippen molar-refractivity contribution in [2.24, 2.45) is 0 Å². The molecule has 49 heavy (non-hydrogen) atoms. The predicted octanol–water partition coefficient (Wildman–Crippen LogP) is 13.4. The molecular weight excluding hydrogens is 599 g/mol. The van der Waals surface area contributed by atoms with Gasteiger partial charge in [0.15, 0.2) is 0 Å². The normalized spacial score (nSPS) is 11.7. The van der Waals surface area contributed by atoms with Gasteiger partial charge in [-0.2, -0.15) is 0 Å². The van der Waals surface area contributed by atoms with E-state index in [1.807, 2.05) is 24.3 Å². The molecule has 2 aromatic heterocycles. The molecule has 3 nitrogen and oxygen atoms in total. The molecule has 0 atom stereocenters. The highest BCUT2D eigenvalue weighted by atomic mass is 16.3. The van der Waals surface area contributed by atoms with Crippen molar-refractivity contribution in [1.29, 1.82) is 0 Å². The molecule has 0 saturated carbocycles. The van der Waals surface area contributed by atoms with E-state index in [0.717, 1.165) is 77.3 Å². The van der Waals surface area contributed by atoms with Crippen molar-refractivity contribution >= 4 is 71.7 Å². The summed E-state index contributed by atoms with van der Waals surface area (Å²) < 4.78 is 12.9. The van der Waals surface area contributed by atoms with Crippen LogP contribution in [0.2, 0.25) is 0 Å². The first-order valence-corrected chi connectivity index (χ1v) is 16.6. The molecule has 10 rings (SSSR count). The van der Waals surface area contributed by atoms with Crippen LogP contribution >= 0.6 is 0 Å². The molecule has 3 heteroatoms. The lowest BCUT2D eigenvalue weighted by Crippen LogP contribution is -2.11. The number of hydrogen-bond acceptors (Lipinski definition) is 3. The predicted molar refractivity (Wildman–Crippen MR) is 204 cm³/mol. The third-order valence-corrected chi connectivity index (χ3v) is 9.67. The molecular formula is C46H29NO2. The Labute approximate surface area is 282 Å². The molecule has 0 aliphatic carbocycles. The number of para-hydroxylation sites is 2. The second-order valence-electron chi connectivity index (χ2n) is 12.5. The highest BCUT2D eigenvalue weighted by Crippen LogP contribution is 2.45. The zero-order valence-electron chi connectivity index (χ0n) is 26.5. The highest BCUT2D eigenvalue weighted by Gasteiger charge is 2.21. The number of anilines is 3. The van der Waals surface area contributed by atoms with Crippen LogP contribution in [0.15, 0.2) is 185 Å². The molecule has 0 unspecified atom stereocenters. The Balaban J connectivity index is 1.25. The summed E-state index contributed by atoms with van der Waals surface area (Å²) in [6.07, 6.45) is 0. The number of nitrogens with zero attached hydrogens (tertiary/aromatic N) is 1. The van der Waals surface area contributed by atoms with E-state index >= 15 is 0 Å². The van der Waals surface area contributed by atoms with Gasteiger partial charge in [0, 0.05) is 49.8 Å². The van der Waals surface area contributed by atoms with Crippen LogP contribution in [0.1, 0.15) is 0 Å². The van der Waals surface area contributed by atoms with E-state index in [9.17, 15) is 0 Å². The van der Waals surface area contributed by atoms with E-state index in [1.165, 1.54) is 16.7 Å². The lowest BCUT2D eigenvalue weighted by atomic mass is 9.93. The van der Waals surface area contributed by atoms with Gasteiger partial charge in [-0.1, -0.05) is 121 Å². The maximum absolute atomic E-state index is 6.51. The second kappa shape index (κ2) is 11.0. The number of fused-ring (bicyclic) bond motifs is 8. The molecule has 0 spiro atoms. The summed E-state index contributed by atoms with van der Waals surface area (Å²) in [7, 11) is 0. The molecule has 230 valence electrons. The SMILES string of the molecule is c1ccc(-c2ccc(N(c3ccc4c(c3)oc3ccccc34)c3cccc4c3ccc3c5ccccc5oc43)cc2-c2ccccc2)cc1. The van der Waals surface area contributed by atoms with E-state index in [2.05, 4.69) is 157 Å². The summed E-state index contributed by atoms with van der Waals surface area (Å²) in [5.41, 5.74) is 11.3. The van der Waals surface area contributed by atoms with Gasteiger partial charge < -0.3 is 13.7 Å². The zero-order valence-corrected chi connectivity index (χ0v) is 26.5. The fourth-order valence-corrected chi connectivity index (χ4v) is 7.40. The van der Waals surface area contributed by atoms with Gasteiger partial charge in [-0.25, -0.2) is 0 Å². The summed E-state index contributed by atoms with van der Waals surface area (Å²) >= 11 is 0. The van der Waals surface area contributed by atoms with Crippen LogP contribution in [-0.4, -0.2) is 0 Å². The molecule has 8 aromatic carbocycles. The van der Waals surface area contributed by atoms with E-state index in [0.29, 0.717) is 0 Å². The van der Waals surface area contributed by atoms with Crippen LogP contribution in [-0.2, 0) is 0 Å². The largest absolute Gasteiger partial charge is 0.456 e. The van der Waals surface area contributed by atoms with Crippen LogP contribution in [0.25, 0.3) is 76.9 Å². The molecule has 0 aliphatic heterocycles. The van der Waals surface area contributed by atoms with E-state index in [4.69, 9.17) is 8.83 Å². The number of rotatable bonds is 5. The first kappa shape index (κ1) is 27.5. The fourth-order valence-electron chi connectivity index (χ4n) is 7.40. The van der Waals surface area contributed by atoms with Crippen LogP contribution in [0.4, 0.5) is 17.1 Å². The minimum absolute atomic E-state index is 0.854. The Morgan fingerprint density at radius 2 is 0.857 bits per heavy atom. The fraction of sp³-hybridized carbons (Fsp3) is 0. The Kier molecular flexibility index (Phi) is 6.18. The van der Waals surface area contributed by atoms with Gasteiger partial charge in [0.05, 0.1) is 5.69 Å². The Morgan fingerprint density at radius 3 is 1.63 bits per heavy atom. The third-order valence-electron chi connectivity index (χ3n) is 9.67. The van der Waals surface area contributed by atoms with E-state index < -0.39 is 0 Å². The average Bonchev–Trinajstić information content (AvgIpc) is 3.74. The number of furan rings is 2. The molecule has 0 amide bonds. The Hall–Kier alpha value is -6.58. The van der Waals surface area contributed by atoms with Crippen molar-refractivity contribution in [2.45, 2.75) is 0 Å². The summed E-state index contributed by atoms with van der Waals surface area (Å²) in [5, 5.41) is 6.64. The van der Waals surface area contributed by atoms with Crippen molar-refractivity contribution in [1.82, 2.24) is 0 Å². The Bertz CT molecular complexity index is 2830. The lowest BCUT2D eigenvalue weighted by Gasteiger charge is -2.28. The molecule has 2 heterocycles. The van der Waals surface area contributed by atoms with Crippen LogP contribution in [0, 0.1) is 0 Å². The van der Waals surface area contributed by atoms with Crippen LogP contribution < -0.4 is 4.90 Å². The van der Waals surface area contributed by atoms with Gasteiger partial charge in [-0.15, -0.1) is 0 Å². The molecule has 0 radical (unpaired) electrons. The van der Waals surface area contributed by atoms with E-state index in [-0.39, 0.29) is 0 Å². The van der Waals surface area contributed by atoms with Gasteiger partial charge in [0.2, 0.25) is 0 Å². The first-order chi connectivity index (χ1) is 24.3. The van der Waals surface area contributed by atoms with Crippen molar-refractivity contribution in [2.75, 3.05) is 4.90 Å². The van der Waals surface area contributed by atoms with Crippen molar-refractivity contribution < 1.29 is 8.83 Å². The topological polar surface area (TPSA) is 29.5 Å². The third kappa shape index (κ3) is 4.44. The summed E-state index contributed by atoms with van der Waals surface area (Å²) in [6, 6.07) is 62.1. The van der Waals surface area contributed by atoms with Gasteiger partial charge >= 0.3 is 0 Å².